The Hall–Kier alpha value is -2.02. The normalized spacial score (nSPS) is 14.2. The molecule has 1 amide bonds. The van der Waals surface area contributed by atoms with Crippen molar-refractivity contribution in [2.24, 2.45) is 0 Å². The topological polar surface area (TPSA) is 80.6 Å². The van der Waals surface area contributed by atoms with Gasteiger partial charge in [0.25, 0.3) is 5.91 Å². The Kier molecular flexibility index (Phi) is 7.92. The number of carbonyl (C=O) groups is 1. The second-order valence-electron chi connectivity index (χ2n) is 6.52. The molecule has 2 aromatic rings. The summed E-state index contributed by atoms with van der Waals surface area (Å²) in [5.74, 6) is 0.685. The first-order chi connectivity index (χ1) is 13.0. The summed E-state index contributed by atoms with van der Waals surface area (Å²) in [5.41, 5.74) is 0.379. The molecule has 1 aliphatic rings. The number of para-hydroxylation sites is 1. The molecule has 1 aromatic carbocycles. The number of hydrogen-bond donors (Lipinski definition) is 2. The number of rotatable bonds is 5. The Labute approximate surface area is 175 Å². The van der Waals surface area contributed by atoms with E-state index in [0.717, 1.165) is 25.9 Å². The minimum absolute atomic E-state index is 0. The molecule has 0 saturated carbocycles. The predicted octanol–water partition coefficient (Wildman–Crippen LogP) is 4.14. The van der Waals surface area contributed by atoms with Gasteiger partial charge in [-0.1, -0.05) is 17.7 Å². The van der Waals surface area contributed by atoms with Gasteiger partial charge < -0.3 is 19.8 Å². The summed E-state index contributed by atoms with van der Waals surface area (Å²) < 4.78 is 11.0. The van der Waals surface area contributed by atoms with Crippen molar-refractivity contribution >= 4 is 35.6 Å². The summed E-state index contributed by atoms with van der Waals surface area (Å²) in [4.78, 5) is 25.2. The maximum Gasteiger partial charge on any atom is 0.349 e. The monoisotopic (exact) mass is 426 g/mol. The van der Waals surface area contributed by atoms with E-state index in [2.05, 4.69) is 10.6 Å². The van der Waals surface area contributed by atoms with E-state index in [1.165, 1.54) is 0 Å². The van der Waals surface area contributed by atoms with E-state index in [4.69, 9.17) is 20.8 Å². The van der Waals surface area contributed by atoms with Crippen LogP contribution in [0.1, 0.15) is 47.4 Å². The zero-order chi connectivity index (χ0) is 19.4. The van der Waals surface area contributed by atoms with Gasteiger partial charge in [0.2, 0.25) is 0 Å². The lowest BCUT2D eigenvalue weighted by molar-refractivity contribution is 0.102. The van der Waals surface area contributed by atoms with Gasteiger partial charge in [0.1, 0.15) is 11.3 Å². The van der Waals surface area contributed by atoms with Gasteiger partial charge in [-0.2, -0.15) is 0 Å². The second kappa shape index (κ2) is 9.96. The summed E-state index contributed by atoms with van der Waals surface area (Å²) in [5, 5.41) is 6.39. The van der Waals surface area contributed by atoms with Crippen LogP contribution in [0.2, 0.25) is 5.02 Å². The maximum absolute atomic E-state index is 12.7. The number of amides is 1. The molecule has 28 heavy (non-hydrogen) atoms. The summed E-state index contributed by atoms with van der Waals surface area (Å²) in [6.07, 6.45) is 1.82. The highest BCUT2D eigenvalue weighted by Crippen LogP contribution is 2.33. The van der Waals surface area contributed by atoms with Crippen LogP contribution in [-0.2, 0) is 0 Å². The molecule has 1 fully saturated rings. The number of hydrogen-bond acceptors (Lipinski definition) is 5. The Morgan fingerprint density at radius 2 is 2.07 bits per heavy atom. The van der Waals surface area contributed by atoms with Crippen molar-refractivity contribution in [1.29, 1.82) is 0 Å². The molecule has 2 heterocycles. The van der Waals surface area contributed by atoms with E-state index in [1.807, 2.05) is 6.92 Å². The van der Waals surface area contributed by atoms with Gasteiger partial charge in [0.15, 0.2) is 5.75 Å². The Bertz CT molecular complexity index is 892. The first kappa shape index (κ1) is 22.3. The average Bonchev–Trinajstić information content (AvgIpc) is 2.64. The van der Waals surface area contributed by atoms with Crippen LogP contribution in [0.3, 0.4) is 0 Å². The molecule has 6 nitrogen and oxygen atoms in total. The van der Waals surface area contributed by atoms with Crippen LogP contribution >= 0.6 is 24.0 Å². The van der Waals surface area contributed by atoms with Crippen LogP contribution in [0.5, 0.6) is 5.75 Å². The number of ether oxygens (including phenoxy) is 1. The summed E-state index contributed by atoms with van der Waals surface area (Å²) >= 11 is 6.15. The lowest BCUT2D eigenvalue weighted by atomic mass is 9.94. The SMILES string of the molecule is CCOc1c(Cl)cccc1NC(=O)c1c(C)cc(C2CCNCC2)oc1=O.Cl. The van der Waals surface area contributed by atoms with Gasteiger partial charge in [0, 0.05) is 5.92 Å². The molecule has 0 atom stereocenters. The van der Waals surface area contributed by atoms with Crippen molar-refractivity contribution in [3.05, 3.63) is 56.6 Å². The summed E-state index contributed by atoms with van der Waals surface area (Å²) in [6, 6.07) is 6.86. The molecular formula is C20H24Cl2N2O4. The number of piperidine rings is 1. The maximum atomic E-state index is 12.7. The van der Waals surface area contributed by atoms with Crippen molar-refractivity contribution < 1.29 is 13.9 Å². The van der Waals surface area contributed by atoms with Crippen LogP contribution in [0, 0.1) is 6.92 Å². The molecule has 2 N–H and O–H groups in total. The van der Waals surface area contributed by atoms with Crippen LogP contribution in [0.4, 0.5) is 5.69 Å². The molecule has 152 valence electrons. The standard InChI is InChI=1S/C20H23ClN2O4.ClH/c1-3-26-18-14(21)5-4-6-15(18)23-19(24)17-12(2)11-16(27-20(17)25)13-7-9-22-10-8-13;/h4-6,11,13,22H,3,7-10H2,1-2H3,(H,23,24);1H. The highest BCUT2D eigenvalue weighted by atomic mass is 35.5. The zero-order valence-electron chi connectivity index (χ0n) is 15.8. The molecule has 1 aromatic heterocycles. The Balaban J connectivity index is 0.00000280. The molecular weight excluding hydrogens is 403 g/mol. The molecule has 8 heteroatoms. The van der Waals surface area contributed by atoms with E-state index in [1.54, 1.807) is 31.2 Å². The predicted molar refractivity (Wildman–Crippen MR) is 112 cm³/mol. The van der Waals surface area contributed by atoms with E-state index >= 15 is 0 Å². The summed E-state index contributed by atoms with van der Waals surface area (Å²) in [6.45, 7) is 5.76. The van der Waals surface area contributed by atoms with Gasteiger partial charge in [-0.25, -0.2) is 4.79 Å². The second-order valence-corrected chi connectivity index (χ2v) is 6.93. The number of nitrogens with one attached hydrogen (secondary N) is 2. The largest absolute Gasteiger partial charge is 0.490 e. The zero-order valence-corrected chi connectivity index (χ0v) is 17.4. The fraction of sp³-hybridized carbons (Fsp3) is 0.400. The Morgan fingerprint density at radius 3 is 2.71 bits per heavy atom. The minimum Gasteiger partial charge on any atom is -0.490 e. The van der Waals surface area contributed by atoms with Gasteiger partial charge in [-0.05, 0) is 63.5 Å². The van der Waals surface area contributed by atoms with Gasteiger partial charge >= 0.3 is 5.63 Å². The van der Waals surface area contributed by atoms with Crippen molar-refractivity contribution in [1.82, 2.24) is 5.32 Å². The molecule has 1 saturated heterocycles. The number of anilines is 1. The quantitative estimate of drug-likeness (QED) is 0.750. The minimum atomic E-state index is -0.624. The van der Waals surface area contributed by atoms with Crippen LogP contribution < -0.4 is 21.0 Å². The molecule has 0 aliphatic carbocycles. The van der Waals surface area contributed by atoms with Crippen molar-refractivity contribution in [3.63, 3.8) is 0 Å². The third-order valence-corrected chi connectivity index (χ3v) is 4.94. The average molecular weight is 427 g/mol. The first-order valence-electron chi connectivity index (χ1n) is 9.09. The van der Waals surface area contributed by atoms with E-state index in [0.29, 0.717) is 34.4 Å². The number of benzene rings is 1. The third kappa shape index (κ3) is 4.87. The highest BCUT2D eigenvalue weighted by molar-refractivity contribution is 6.32. The summed E-state index contributed by atoms with van der Waals surface area (Å²) in [7, 11) is 0. The number of halogens is 2. The molecule has 0 bridgehead atoms. The molecule has 0 unspecified atom stereocenters. The van der Waals surface area contributed by atoms with Crippen molar-refractivity contribution in [2.75, 3.05) is 25.0 Å². The first-order valence-corrected chi connectivity index (χ1v) is 9.47. The van der Waals surface area contributed by atoms with E-state index in [9.17, 15) is 9.59 Å². The van der Waals surface area contributed by atoms with Crippen molar-refractivity contribution in [2.45, 2.75) is 32.6 Å². The highest BCUT2D eigenvalue weighted by Gasteiger charge is 2.23. The van der Waals surface area contributed by atoms with E-state index < -0.39 is 11.5 Å². The molecule has 3 rings (SSSR count). The Morgan fingerprint density at radius 1 is 1.36 bits per heavy atom. The molecule has 0 spiro atoms. The van der Waals surface area contributed by atoms with Crippen LogP contribution in [0.25, 0.3) is 0 Å². The van der Waals surface area contributed by atoms with Crippen LogP contribution in [-0.4, -0.2) is 25.6 Å². The lowest BCUT2D eigenvalue weighted by Crippen LogP contribution is -2.28. The van der Waals surface area contributed by atoms with Gasteiger partial charge in [-0.3, -0.25) is 4.79 Å². The van der Waals surface area contributed by atoms with Gasteiger partial charge in [-0.15, -0.1) is 12.4 Å². The van der Waals surface area contributed by atoms with Crippen LogP contribution in [0.15, 0.2) is 33.5 Å². The smallest absolute Gasteiger partial charge is 0.349 e. The molecule has 0 radical (unpaired) electrons. The fourth-order valence-electron chi connectivity index (χ4n) is 3.30. The lowest BCUT2D eigenvalue weighted by Gasteiger charge is -2.22. The van der Waals surface area contributed by atoms with E-state index in [-0.39, 0.29) is 23.9 Å². The van der Waals surface area contributed by atoms with Gasteiger partial charge in [0.05, 0.1) is 17.3 Å². The van der Waals surface area contributed by atoms with Crippen molar-refractivity contribution in [3.8, 4) is 5.75 Å². The fourth-order valence-corrected chi connectivity index (χ4v) is 3.53. The number of aryl methyl sites for hydroxylation is 1. The third-order valence-electron chi connectivity index (χ3n) is 4.64. The number of carbonyl (C=O) groups excluding carboxylic acids is 1. The molecule has 1 aliphatic heterocycles.